The normalized spacial score (nSPS) is 22.5. The van der Waals surface area contributed by atoms with E-state index in [1.54, 1.807) is 19.2 Å². The SMILES string of the molecule is COc1ccc(S(=O)O[C@H]2CCCC[C@H]2c2ccccc2)cc1. The van der Waals surface area contributed by atoms with Gasteiger partial charge in [-0.2, -0.15) is 0 Å². The van der Waals surface area contributed by atoms with Gasteiger partial charge in [-0.25, -0.2) is 4.21 Å². The van der Waals surface area contributed by atoms with Crippen molar-refractivity contribution in [1.29, 1.82) is 0 Å². The molecule has 23 heavy (non-hydrogen) atoms. The number of hydrogen-bond acceptors (Lipinski definition) is 3. The molecular formula is C19H22O3S. The van der Waals surface area contributed by atoms with Gasteiger partial charge in [-0.05, 0) is 42.7 Å². The van der Waals surface area contributed by atoms with Gasteiger partial charge in [-0.15, -0.1) is 0 Å². The van der Waals surface area contributed by atoms with Gasteiger partial charge in [0.05, 0.1) is 18.1 Å². The van der Waals surface area contributed by atoms with Crippen LogP contribution in [0, 0.1) is 0 Å². The second-order valence-electron chi connectivity index (χ2n) is 5.85. The minimum atomic E-state index is -1.44. The van der Waals surface area contributed by atoms with E-state index in [9.17, 15) is 4.21 Å². The predicted molar refractivity (Wildman–Crippen MR) is 91.9 cm³/mol. The average molecular weight is 330 g/mol. The van der Waals surface area contributed by atoms with Gasteiger partial charge >= 0.3 is 0 Å². The molecule has 1 unspecified atom stereocenters. The first-order chi connectivity index (χ1) is 11.3. The zero-order chi connectivity index (χ0) is 16.1. The van der Waals surface area contributed by atoms with Crippen molar-refractivity contribution in [3.63, 3.8) is 0 Å². The summed E-state index contributed by atoms with van der Waals surface area (Å²) in [5, 5.41) is 0. The van der Waals surface area contributed by atoms with Crippen LogP contribution in [0.4, 0.5) is 0 Å². The molecule has 0 aromatic heterocycles. The lowest BCUT2D eigenvalue weighted by Gasteiger charge is -2.31. The molecule has 2 aromatic rings. The highest BCUT2D eigenvalue weighted by molar-refractivity contribution is 7.80. The molecule has 0 N–H and O–H groups in total. The van der Waals surface area contributed by atoms with Crippen LogP contribution in [0.25, 0.3) is 0 Å². The van der Waals surface area contributed by atoms with Gasteiger partial charge in [0.15, 0.2) is 11.1 Å². The molecule has 0 saturated heterocycles. The van der Waals surface area contributed by atoms with E-state index in [2.05, 4.69) is 24.3 Å². The monoisotopic (exact) mass is 330 g/mol. The molecule has 0 aliphatic heterocycles. The zero-order valence-corrected chi connectivity index (χ0v) is 14.1. The Balaban J connectivity index is 1.72. The van der Waals surface area contributed by atoms with Crippen LogP contribution in [0.5, 0.6) is 5.75 Å². The summed E-state index contributed by atoms with van der Waals surface area (Å²) in [4.78, 5) is 0.684. The van der Waals surface area contributed by atoms with Crippen LogP contribution in [0.2, 0.25) is 0 Å². The molecule has 1 aliphatic carbocycles. The molecule has 1 fully saturated rings. The molecule has 0 heterocycles. The molecule has 1 aliphatic rings. The molecule has 0 radical (unpaired) electrons. The van der Waals surface area contributed by atoms with Crippen molar-refractivity contribution in [2.24, 2.45) is 0 Å². The summed E-state index contributed by atoms with van der Waals surface area (Å²) in [6, 6.07) is 17.6. The van der Waals surface area contributed by atoms with Gasteiger partial charge in [0.25, 0.3) is 0 Å². The summed E-state index contributed by atoms with van der Waals surface area (Å²) >= 11 is -1.44. The van der Waals surface area contributed by atoms with Crippen LogP contribution < -0.4 is 4.74 Å². The van der Waals surface area contributed by atoms with E-state index in [1.165, 1.54) is 12.0 Å². The van der Waals surface area contributed by atoms with Gasteiger partial charge in [0.2, 0.25) is 0 Å². The fraction of sp³-hybridized carbons (Fsp3) is 0.368. The van der Waals surface area contributed by atoms with Gasteiger partial charge < -0.3 is 4.74 Å². The fourth-order valence-corrected chi connectivity index (χ4v) is 4.07. The van der Waals surface area contributed by atoms with E-state index in [1.807, 2.05) is 18.2 Å². The topological polar surface area (TPSA) is 35.5 Å². The summed E-state index contributed by atoms with van der Waals surface area (Å²) in [5.74, 6) is 1.08. The van der Waals surface area contributed by atoms with E-state index < -0.39 is 11.1 Å². The minimum Gasteiger partial charge on any atom is -0.497 e. The number of benzene rings is 2. The molecule has 3 nitrogen and oxygen atoms in total. The quantitative estimate of drug-likeness (QED) is 0.812. The second kappa shape index (κ2) is 7.75. The molecule has 0 amide bonds. The Bertz CT molecular complexity index is 639. The highest BCUT2D eigenvalue weighted by atomic mass is 32.2. The van der Waals surface area contributed by atoms with E-state index in [0.717, 1.165) is 25.0 Å². The lowest BCUT2D eigenvalue weighted by atomic mass is 9.82. The lowest BCUT2D eigenvalue weighted by Crippen LogP contribution is -2.27. The standard InChI is InChI=1S/C19H22O3S/c1-21-16-11-13-17(14-12-16)23(20)22-19-10-6-5-9-18(19)15-7-3-2-4-8-15/h2-4,7-8,11-14,18-19H,5-6,9-10H2,1H3/t18-,19-,23?/m0/s1. The molecule has 3 rings (SSSR count). The van der Waals surface area contributed by atoms with E-state index in [0.29, 0.717) is 10.8 Å². The van der Waals surface area contributed by atoms with Crippen molar-refractivity contribution < 1.29 is 13.1 Å². The first-order valence-electron chi connectivity index (χ1n) is 8.06. The Morgan fingerprint density at radius 2 is 1.65 bits per heavy atom. The zero-order valence-electron chi connectivity index (χ0n) is 13.3. The van der Waals surface area contributed by atoms with Crippen LogP contribution in [0.1, 0.15) is 37.2 Å². The number of methoxy groups -OCH3 is 1. The minimum absolute atomic E-state index is 0.00841. The molecule has 1 saturated carbocycles. The average Bonchev–Trinajstić information content (AvgIpc) is 2.63. The maximum Gasteiger partial charge on any atom is 0.189 e. The van der Waals surface area contributed by atoms with Gasteiger partial charge in [0.1, 0.15) is 5.75 Å². The van der Waals surface area contributed by atoms with Crippen LogP contribution >= 0.6 is 0 Å². The maximum atomic E-state index is 12.5. The molecule has 2 aromatic carbocycles. The Hall–Kier alpha value is -1.65. The van der Waals surface area contributed by atoms with Crippen LogP contribution in [-0.2, 0) is 15.3 Å². The van der Waals surface area contributed by atoms with Gasteiger partial charge in [0, 0.05) is 5.92 Å². The van der Waals surface area contributed by atoms with Crippen LogP contribution in [-0.4, -0.2) is 17.4 Å². The summed E-state index contributed by atoms with van der Waals surface area (Å²) in [6.07, 6.45) is 4.40. The smallest absolute Gasteiger partial charge is 0.189 e. The van der Waals surface area contributed by atoms with E-state index >= 15 is 0 Å². The van der Waals surface area contributed by atoms with Crippen LogP contribution in [0.15, 0.2) is 59.5 Å². The first-order valence-corrected chi connectivity index (χ1v) is 9.13. The van der Waals surface area contributed by atoms with Crippen molar-refractivity contribution in [3.05, 3.63) is 60.2 Å². The highest BCUT2D eigenvalue weighted by Gasteiger charge is 2.29. The number of ether oxygens (including phenoxy) is 1. The predicted octanol–water partition coefficient (Wildman–Crippen LogP) is 4.46. The molecule has 4 heteroatoms. The van der Waals surface area contributed by atoms with E-state index in [4.69, 9.17) is 8.92 Å². The fourth-order valence-electron chi connectivity index (χ4n) is 3.15. The second-order valence-corrected chi connectivity index (χ2v) is 6.98. The Labute approximate surface area is 140 Å². The third kappa shape index (κ3) is 4.01. The Morgan fingerprint density at radius 3 is 2.35 bits per heavy atom. The molecule has 0 spiro atoms. The molecule has 0 bridgehead atoms. The van der Waals surface area contributed by atoms with Crippen LogP contribution in [0.3, 0.4) is 0 Å². The van der Waals surface area contributed by atoms with Crippen molar-refractivity contribution >= 4 is 11.1 Å². The third-order valence-corrected chi connectivity index (χ3v) is 5.47. The lowest BCUT2D eigenvalue weighted by molar-refractivity contribution is 0.147. The maximum absolute atomic E-state index is 12.5. The van der Waals surface area contributed by atoms with Crippen molar-refractivity contribution in [2.45, 2.75) is 42.6 Å². The van der Waals surface area contributed by atoms with Gasteiger partial charge in [-0.3, -0.25) is 4.18 Å². The Kier molecular flexibility index (Phi) is 5.47. The third-order valence-electron chi connectivity index (χ3n) is 4.39. The molecular weight excluding hydrogens is 308 g/mol. The number of hydrogen-bond donors (Lipinski definition) is 0. The van der Waals surface area contributed by atoms with Crippen molar-refractivity contribution in [2.75, 3.05) is 7.11 Å². The molecule has 3 atom stereocenters. The van der Waals surface area contributed by atoms with Crippen molar-refractivity contribution in [1.82, 2.24) is 0 Å². The number of rotatable bonds is 5. The molecule has 122 valence electrons. The van der Waals surface area contributed by atoms with E-state index in [-0.39, 0.29) is 6.10 Å². The summed E-state index contributed by atoms with van der Waals surface area (Å²) < 4.78 is 23.6. The Morgan fingerprint density at radius 1 is 0.957 bits per heavy atom. The summed E-state index contributed by atoms with van der Waals surface area (Å²) in [5.41, 5.74) is 1.28. The summed E-state index contributed by atoms with van der Waals surface area (Å²) in [7, 11) is 1.62. The summed E-state index contributed by atoms with van der Waals surface area (Å²) in [6.45, 7) is 0. The van der Waals surface area contributed by atoms with Crippen molar-refractivity contribution in [3.8, 4) is 5.75 Å². The highest BCUT2D eigenvalue weighted by Crippen LogP contribution is 2.36. The van der Waals surface area contributed by atoms with Gasteiger partial charge in [-0.1, -0.05) is 43.2 Å². The first kappa shape index (κ1) is 16.2. The largest absolute Gasteiger partial charge is 0.497 e.